The molecule has 0 amide bonds. The minimum Gasteiger partial charge on any atom is -0.481 e. The van der Waals surface area contributed by atoms with Gasteiger partial charge in [-0.25, -0.2) is 0 Å². The van der Waals surface area contributed by atoms with Gasteiger partial charge in [-0.05, 0) is 51.8 Å². The number of benzene rings is 1. The molecule has 0 aliphatic heterocycles. The highest BCUT2D eigenvalue weighted by Gasteiger charge is 2.04. The van der Waals surface area contributed by atoms with Crippen molar-refractivity contribution in [2.75, 3.05) is 33.8 Å². The molecule has 0 aromatic heterocycles. The molecule has 120 valence electrons. The topological polar surface area (TPSA) is 24.5 Å². The Morgan fingerprint density at radius 1 is 1.33 bits per heavy atom. The number of halogens is 3. The van der Waals surface area contributed by atoms with E-state index >= 15 is 0 Å². The lowest BCUT2D eigenvalue weighted by Crippen LogP contribution is -2.21. The molecule has 0 aliphatic carbocycles. The zero-order valence-electron chi connectivity index (χ0n) is 12.4. The Labute approximate surface area is 145 Å². The van der Waals surface area contributed by atoms with E-state index in [1.54, 1.807) is 0 Å². The molecule has 3 nitrogen and oxygen atoms in total. The summed E-state index contributed by atoms with van der Waals surface area (Å²) in [4.78, 5) is 2.17. The summed E-state index contributed by atoms with van der Waals surface area (Å²) < 4.78 is 5.49. The van der Waals surface area contributed by atoms with E-state index in [2.05, 4.69) is 30.2 Å². The molecule has 1 rings (SSSR count). The predicted molar refractivity (Wildman–Crippen MR) is 95.2 cm³/mol. The third kappa shape index (κ3) is 9.84. The van der Waals surface area contributed by atoms with Gasteiger partial charge < -0.3 is 15.0 Å². The van der Waals surface area contributed by atoms with Crippen LogP contribution < -0.4 is 10.1 Å². The lowest BCUT2D eigenvalue weighted by Gasteiger charge is -2.12. The molecule has 0 atom stereocenters. The third-order valence-electron chi connectivity index (χ3n) is 2.61. The third-order valence-corrected chi connectivity index (χ3v) is 2.84. The molecular formula is C15H23Cl3N2O. The van der Waals surface area contributed by atoms with Crippen LogP contribution in [0.2, 0.25) is 5.02 Å². The Hall–Kier alpha value is -0.630. The highest BCUT2D eigenvalue weighted by molar-refractivity contribution is 6.30. The van der Waals surface area contributed by atoms with Gasteiger partial charge in [0.1, 0.15) is 12.4 Å². The fourth-order valence-electron chi connectivity index (χ4n) is 1.69. The summed E-state index contributed by atoms with van der Waals surface area (Å²) in [5.74, 6) is 3.26. The average Bonchev–Trinajstić information content (AvgIpc) is 2.37. The van der Waals surface area contributed by atoms with E-state index in [1.807, 2.05) is 18.2 Å². The predicted octanol–water partition coefficient (Wildman–Crippen LogP) is 3.24. The maximum Gasteiger partial charge on any atom is 0.148 e. The molecule has 0 heterocycles. The molecule has 6 heteroatoms. The highest BCUT2D eigenvalue weighted by Crippen LogP contribution is 2.22. The molecule has 0 saturated heterocycles. The Balaban J connectivity index is 0. The summed E-state index contributed by atoms with van der Waals surface area (Å²) in [5.41, 5.74) is 1.03. The molecule has 0 saturated carbocycles. The van der Waals surface area contributed by atoms with Gasteiger partial charge in [-0.15, -0.1) is 31.2 Å². The maximum atomic E-state index is 6.00. The molecule has 1 N–H and O–H groups in total. The molecular weight excluding hydrogens is 331 g/mol. The second kappa shape index (κ2) is 13.1. The maximum absolute atomic E-state index is 6.00. The van der Waals surface area contributed by atoms with Gasteiger partial charge in [0, 0.05) is 17.1 Å². The van der Waals surface area contributed by atoms with E-state index in [1.165, 1.54) is 0 Å². The Morgan fingerprint density at radius 2 is 2.05 bits per heavy atom. The van der Waals surface area contributed by atoms with Gasteiger partial charge in [0.25, 0.3) is 0 Å². The number of hydrogen-bond donors (Lipinski definition) is 1. The molecule has 0 aliphatic rings. The Kier molecular flexibility index (Phi) is 14.1. The zero-order chi connectivity index (χ0) is 14.1. The first-order valence-electron chi connectivity index (χ1n) is 6.33. The molecule has 0 spiro atoms. The summed E-state index contributed by atoms with van der Waals surface area (Å²) in [7, 11) is 4.14. The van der Waals surface area contributed by atoms with Crippen molar-refractivity contribution in [2.24, 2.45) is 0 Å². The SMILES string of the molecule is C#CCOc1ccc(Cl)cc1CNCCCN(C)C.Cl.Cl. The number of rotatable bonds is 8. The number of ether oxygens (including phenoxy) is 1. The van der Waals surface area contributed by atoms with Crippen molar-refractivity contribution in [1.82, 2.24) is 10.2 Å². The van der Waals surface area contributed by atoms with Gasteiger partial charge in [-0.3, -0.25) is 0 Å². The van der Waals surface area contributed by atoms with Crippen LogP contribution in [0.3, 0.4) is 0 Å². The van der Waals surface area contributed by atoms with Crippen molar-refractivity contribution in [1.29, 1.82) is 0 Å². The summed E-state index contributed by atoms with van der Waals surface area (Å²) in [6.45, 7) is 3.03. The van der Waals surface area contributed by atoms with E-state index in [0.29, 0.717) is 5.02 Å². The number of nitrogens with one attached hydrogen (secondary N) is 1. The van der Waals surface area contributed by atoms with Crippen LogP contribution in [0.25, 0.3) is 0 Å². The standard InChI is InChI=1S/C15H21ClN2O.2ClH/c1-4-10-19-15-7-6-14(16)11-13(15)12-17-8-5-9-18(2)3;;/h1,6-7,11,17H,5,8-10,12H2,2-3H3;2*1H. The van der Waals surface area contributed by atoms with Crippen LogP contribution in [0.4, 0.5) is 0 Å². The first-order chi connectivity index (χ1) is 9.13. The van der Waals surface area contributed by atoms with Crippen molar-refractivity contribution in [3.63, 3.8) is 0 Å². The fourth-order valence-corrected chi connectivity index (χ4v) is 1.88. The van der Waals surface area contributed by atoms with Crippen molar-refractivity contribution < 1.29 is 4.74 Å². The molecule has 21 heavy (non-hydrogen) atoms. The molecule has 0 fully saturated rings. The minimum absolute atomic E-state index is 0. The van der Waals surface area contributed by atoms with Crippen LogP contribution in [0.1, 0.15) is 12.0 Å². The number of terminal acetylenes is 1. The average molecular weight is 354 g/mol. The van der Waals surface area contributed by atoms with Crippen molar-refractivity contribution in [2.45, 2.75) is 13.0 Å². The largest absolute Gasteiger partial charge is 0.481 e. The first kappa shape index (κ1) is 22.6. The molecule has 0 unspecified atom stereocenters. The monoisotopic (exact) mass is 352 g/mol. The minimum atomic E-state index is 0. The van der Waals surface area contributed by atoms with Gasteiger partial charge in [0.15, 0.2) is 0 Å². The van der Waals surface area contributed by atoms with Gasteiger partial charge >= 0.3 is 0 Å². The van der Waals surface area contributed by atoms with Crippen molar-refractivity contribution >= 4 is 36.4 Å². The second-order valence-electron chi connectivity index (χ2n) is 4.58. The smallest absolute Gasteiger partial charge is 0.148 e. The first-order valence-corrected chi connectivity index (χ1v) is 6.71. The van der Waals surface area contributed by atoms with Crippen LogP contribution in [-0.2, 0) is 6.54 Å². The Morgan fingerprint density at radius 3 is 2.67 bits per heavy atom. The van der Waals surface area contributed by atoms with E-state index < -0.39 is 0 Å². The number of hydrogen-bond acceptors (Lipinski definition) is 3. The summed E-state index contributed by atoms with van der Waals surface area (Å²) in [6.07, 6.45) is 6.31. The zero-order valence-corrected chi connectivity index (χ0v) is 14.8. The summed E-state index contributed by atoms with van der Waals surface area (Å²) in [6, 6.07) is 5.58. The molecule has 0 radical (unpaired) electrons. The van der Waals surface area contributed by atoms with E-state index in [4.69, 9.17) is 22.8 Å². The second-order valence-corrected chi connectivity index (χ2v) is 5.01. The van der Waals surface area contributed by atoms with Crippen molar-refractivity contribution in [3.05, 3.63) is 28.8 Å². The van der Waals surface area contributed by atoms with Crippen molar-refractivity contribution in [3.8, 4) is 18.1 Å². The lowest BCUT2D eigenvalue weighted by molar-refractivity contribution is 0.363. The van der Waals surface area contributed by atoms with E-state index in [0.717, 1.165) is 37.4 Å². The number of nitrogens with zero attached hydrogens (tertiary/aromatic N) is 1. The van der Waals surface area contributed by atoms with Crippen LogP contribution in [-0.4, -0.2) is 38.7 Å². The molecule has 0 bridgehead atoms. The van der Waals surface area contributed by atoms with E-state index in [-0.39, 0.29) is 31.4 Å². The normalized spacial score (nSPS) is 9.48. The Bertz CT molecular complexity index is 433. The van der Waals surface area contributed by atoms with Crippen LogP contribution in [0.15, 0.2) is 18.2 Å². The van der Waals surface area contributed by atoms with Gasteiger partial charge in [-0.2, -0.15) is 0 Å². The van der Waals surface area contributed by atoms with Gasteiger partial charge in [-0.1, -0.05) is 17.5 Å². The fraction of sp³-hybridized carbons (Fsp3) is 0.467. The molecule has 1 aromatic rings. The van der Waals surface area contributed by atoms with E-state index in [9.17, 15) is 0 Å². The van der Waals surface area contributed by atoms with Crippen LogP contribution >= 0.6 is 36.4 Å². The quantitative estimate of drug-likeness (QED) is 0.573. The highest BCUT2D eigenvalue weighted by atomic mass is 35.5. The van der Waals surface area contributed by atoms with Crippen LogP contribution in [0.5, 0.6) is 5.75 Å². The lowest BCUT2D eigenvalue weighted by atomic mass is 10.2. The summed E-state index contributed by atoms with van der Waals surface area (Å²) >= 11 is 6.00. The van der Waals surface area contributed by atoms with Gasteiger partial charge in [0.05, 0.1) is 0 Å². The molecule has 1 aromatic carbocycles. The summed E-state index contributed by atoms with van der Waals surface area (Å²) in [5, 5.41) is 4.09. The van der Waals surface area contributed by atoms with Crippen LogP contribution in [0, 0.1) is 12.3 Å². The van der Waals surface area contributed by atoms with Gasteiger partial charge in [0.2, 0.25) is 0 Å².